The predicted molar refractivity (Wildman–Crippen MR) is 93.0 cm³/mol. The summed E-state index contributed by atoms with van der Waals surface area (Å²) in [5, 5.41) is 0.659. The van der Waals surface area contributed by atoms with E-state index in [4.69, 9.17) is 11.6 Å². The van der Waals surface area contributed by atoms with Gasteiger partial charge in [0.1, 0.15) is 0 Å². The maximum Gasteiger partial charge on any atom is 0.258 e. The van der Waals surface area contributed by atoms with Crippen molar-refractivity contribution in [3.05, 3.63) is 56.6 Å². The first-order valence-corrected chi connectivity index (χ1v) is 8.59. The van der Waals surface area contributed by atoms with Crippen LogP contribution in [0.4, 0.5) is 5.69 Å². The molecule has 0 saturated heterocycles. The number of nitrogens with zero attached hydrogens (tertiary/aromatic N) is 1. The van der Waals surface area contributed by atoms with Gasteiger partial charge in [-0.25, -0.2) is 0 Å². The van der Waals surface area contributed by atoms with Crippen molar-refractivity contribution in [2.24, 2.45) is 0 Å². The summed E-state index contributed by atoms with van der Waals surface area (Å²) in [7, 11) is 0. The molecule has 0 aromatic heterocycles. The summed E-state index contributed by atoms with van der Waals surface area (Å²) in [5.41, 5.74) is 1.63. The summed E-state index contributed by atoms with van der Waals surface area (Å²) in [5.74, 6) is 0.940. The van der Waals surface area contributed by atoms with Gasteiger partial charge in [-0.1, -0.05) is 11.6 Å². The van der Waals surface area contributed by atoms with Gasteiger partial charge in [0.25, 0.3) is 5.91 Å². The summed E-state index contributed by atoms with van der Waals surface area (Å²) in [6, 6.07) is 13.4. The number of amides is 1. The smallest absolute Gasteiger partial charge is 0.258 e. The molecule has 0 spiro atoms. The molecule has 0 atom stereocenters. The molecule has 0 N–H and O–H groups in total. The second kappa shape index (κ2) is 5.95. The largest absolute Gasteiger partial charge is 0.306 e. The molecule has 1 heterocycles. The molecule has 3 rings (SSSR count). The Kier molecular flexibility index (Phi) is 4.23. The Labute approximate surface area is 140 Å². The van der Waals surface area contributed by atoms with Crippen molar-refractivity contribution in [1.82, 2.24) is 0 Å². The lowest BCUT2D eigenvalue weighted by Gasteiger charge is -2.29. The van der Waals surface area contributed by atoms with Gasteiger partial charge in [-0.05, 0) is 65.1 Å². The summed E-state index contributed by atoms with van der Waals surface area (Å²) in [4.78, 5) is 15.6. The lowest BCUT2D eigenvalue weighted by molar-refractivity contribution is 0.0987. The normalized spacial score (nSPS) is 14.0. The molecule has 1 amide bonds. The van der Waals surface area contributed by atoms with Crippen LogP contribution in [0.15, 0.2) is 47.4 Å². The summed E-state index contributed by atoms with van der Waals surface area (Å²) < 4.78 is 1.12. The maximum atomic E-state index is 12.7. The summed E-state index contributed by atoms with van der Waals surface area (Å²) >= 11 is 10.1. The fourth-order valence-electron chi connectivity index (χ4n) is 2.15. The summed E-state index contributed by atoms with van der Waals surface area (Å²) in [6.45, 7) is 0.711. The zero-order valence-corrected chi connectivity index (χ0v) is 14.2. The van der Waals surface area contributed by atoms with Gasteiger partial charge in [0, 0.05) is 31.3 Å². The molecule has 0 saturated carbocycles. The van der Waals surface area contributed by atoms with E-state index in [2.05, 4.69) is 22.6 Å². The maximum absolute atomic E-state index is 12.7. The van der Waals surface area contributed by atoms with Gasteiger partial charge in [-0.15, -0.1) is 11.8 Å². The van der Waals surface area contributed by atoms with Crippen LogP contribution in [0.3, 0.4) is 0 Å². The van der Waals surface area contributed by atoms with Crippen LogP contribution in [0, 0.1) is 3.57 Å². The lowest BCUT2D eigenvalue weighted by atomic mass is 10.2. The van der Waals surface area contributed by atoms with Gasteiger partial charge in [-0.2, -0.15) is 0 Å². The highest BCUT2D eigenvalue weighted by Crippen LogP contribution is 2.37. The second-order valence-corrected chi connectivity index (χ2v) is 7.24. The molecule has 2 aromatic carbocycles. The van der Waals surface area contributed by atoms with Crippen molar-refractivity contribution >= 4 is 57.5 Å². The molecular formula is C15H11ClINOS. The molecule has 0 aliphatic carbocycles. The van der Waals surface area contributed by atoms with Gasteiger partial charge < -0.3 is 4.90 Å². The zero-order valence-electron chi connectivity index (χ0n) is 10.5. The van der Waals surface area contributed by atoms with Gasteiger partial charge in [0.05, 0.1) is 5.69 Å². The van der Waals surface area contributed by atoms with Crippen LogP contribution in [0.1, 0.15) is 10.4 Å². The average Bonchev–Trinajstić information content (AvgIpc) is 2.46. The van der Waals surface area contributed by atoms with Crippen molar-refractivity contribution in [3.8, 4) is 0 Å². The van der Waals surface area contributed by atoms with E-state index in [1.807, 2.05) is 47.4 Å². The van der Waals surface area contributed by atoms with Crippen LogP contribution >= 0.6 is 46.0 Å². The molecular weight excluding hydrogens is 405 g/mol. The van der Waals surface area contributed by atoms with E-state index in [9.17, 15) is 4.79 Å². The van der Waals surface area contributed by atoms with E-state index in [0.717, 1.165) is 19.9 Å². The third kappa shape index (κ3) is 2.82. The number of carbonyl (C=O) groups is 1. The predicted octanol–water partition coefficient (Wildman–Crippen LogP) is 4.70. The van der Waals surface area contributed by atoms with E-state index in [1.165, 1.54) is 0 Å². The number of carbonyl (C=O) groups excluding carboxylic acids is 1. The quantitative estimate of drug-likeness (QED) is 0.630. The second-order valence-electron chi connectivity index (χ2n) is 4.42. The minimum Gasteiger partial charge on any atom is -0.306 e. The van der Waals surface area contributed by atoms with Gasteiger partial charge in [0.2, 0.25) is 0 Å². The minimum absolute atomic E-state index is 0.0326. The van der Waals surface area contributed by atoms with Crippen molar-refractivity contribution in [3.63, 3.8) is 0 Å². The first-order valence-electron chi connectivity index (χ1n) is 6.15. The standard InChI is InChI=1S/C15H11ClINOS/c16-11-3-6-14-13(9-11)18(7-8-20-14)15(19)10-1-4-12(17)5-2-10/h1-6,9H,7-8H2. The SMILES string of the molecule is O=C(c1ccc(I)cc1)N1CCSc2ccc(Cl)cc21. The first kappa shape index (κ1) is 14.2. The van der Waals surface area contributed by atoms with Gasteiger partial charge >= 0.3 is 0 Å². The molecule has 1 aliphatic rings. The van der Waals surface area contributed by atoms with Gasteiger partial charge in [-0.3, -0.25) is 4.79 Å². The molecule has 5 heteroatoms. The van der Waals surface area contributed by atoms with Crippen molar-refractivity contribution in [2.45, 2.75) is 4.90 Å². The molecule has 2 nitrogen and oxygen atoms in total. The zero-order chi connectivity index (χ0) is 14.1. The molecule has 0 fully saturated rings. The molecule has 0 bridgehead atoms. The minimum atomic E-state index is 0.0326. The number of hydrogen-bond acceptors (Lipinski definition) is 2. The number of fused-ring (bicyclic) bond motifs is 1. The van der Waals surface area contributed by atoms with Crippen LogP contribution in [0.5, 0.6) is 0 Å². The van der Waals surface area contributed by atoms with E-state index in [1.54, 1.807) is 11.8 Å². The van der Waals surface area contributed by atoms with E-state index in [-0.39, 0.29) is 5.91 Å². The Hall–Kier alpha value is -0.720. The molecule has 0 radical (unpaired) electrons. The van der Waals surface area contributed by atoms with Crippen molar-refractivity contribution in [2.75, 3.05) is 17.2 Å². The number of thioether (sulfide) groups is 1. The van der Waals surface area contributed by atoms with E-state index < -0.39 is 0 Å². The van der Waals surface area contributed by atoms with Crippen LogP contribution in [-0.2, 0) is 0 Å². The van der Waals surface area contributed by atoms with Crippen LogP contribution in [0.25, 0.3) is 0 Å². The third-order valence-corrected chi connectivity index (χ3v) is 5.12. The Morgan fingerprint density at radius 3 is 2.70 bits per heavy atom. The lowest BCUT2D eigenvalue weighted by Crippen LogP contribution is -2.35. The topological polar surface area (TPSA) is 20.3 Å². The van der Waals surface area contributed by atoms with Gasteiger partial charge in [0.15, 0.2) is 0 Å². The Morgan fingerprint density at radius 1 is 1.20 bits per heavy atom. The first-order chi connectivity index (χ1) is 9.65. The molecule has 1 aliphatic heterocycles. The molecule has 2 aromatic rings. The number of hydrogen-bond donors (Lipinski definition) is 0. The highest BCUT2D eigenvalue weighted by molar-refractivity contribution is 14.1. The Morgan fingerprint density at radius 2 is 1.95 bits per heavy atom. The number of benzene rings is 2. The number of rotatable bonds is 1. The average molecular weight is 416 g/mol. The van der Waals surface area contributed by atoms with Crippen LogP contribution in [0.2, 0.25) is 5.02 Å². The van der Waals surface area contributed by atoms with Crippen molar-refractivity contribution in [1.29, 1.82) is 0 Å². The third-order valence-electron chi connectivity index (χ3n) is 3.12. The fourth-order valence-corrected chi connectivity index (χ4v) is 3.65. The van der Waals surface area contributed by atoms with Crippen molar-refractivity contribution < 1.29 is 4.79 Å². The monoisotopic (exact) mass is 415 g/mol. The van der Waals surface area contributed by atoms with E-state index in [0.29, 0.717) is 17.1 Å². The Balaban J connectivity index is 1.97. The Bertz CT molecular complexity index is 659. The molecule has 102 valence electrons. The van der Waals surface area contributed by atoms with Crippen LogP contribution < -0.4 is 4.90 Å². The van der Waals surface area contributed by atoms with E-state index >= 15 is 0 Å². The number of anilines is 1. The molecule has 0 unspecified atom stereocenters. The number of halogens is 2. The highest BCUT2D eigenvalue weighted by atomic mass is 127. The molecule has 20 heavy (non-hydrogen) atoms. The van der Waals surface area contributed by atoms with Crippen LogP contribution in [-0.4, -0.2) is 18.2 Å². The summed E-state index contributed by atoms with van der Waals surface area (Å²) in [6.07, 6.45) is 0. The fraction of sp³-hybridized carbons (Fsp3) is 0.133. The highest BCUT2D eigenvalue weighted by Gasteiger charge is 2.24.